The summed E-state index contributed by atoms with van der Waals surface area (Å²) in [6.45, 7) is -0.0684. The van der Waals surface area contributed by atoms with Crippen LogP contribution in [0.1, 0.15) is 25.7 Å². The zero-order valence-electron chi connectivity index (χ0n) is 6.95. The largest absolute Gasteiger partial charge is 0.463 e. The van der Waals surface area contributed by atoms with Crippen molar-refractivity contribution >= 4 is 5.97 Å². The third-order valence-electron chi connectivity index (χ3n) is 1.27. The molecule has 0 aliphatic carbocycles. The highest BCUT2D eigenvalue weighted by molar-refractivity contribution is 5.69. The Hall–Kier alpha value is -1.08. The number of hydrogen-bond donors (Lipinski definition) is 1. The zero-order valence-corrected chi connectivity index (χ0v) is 6.95. The summed E-state index contributed by atoms with van der Waals surface area (Å²) < 4.78 is 4.60. The molecule has 1 N–H and O–H groups in total. The molecule has 0 aliphatic rings. The molecule has 0 aromatic rings. The number of carbonyl (C=O) groups is 1. The lowest BCUT2D eigenvalue weighted by Gasteiger charge is -2.00. The Morgan fingerprint density at radius 1 is 1.50 bits per heavy atom. The molecular formula is C8H13NO3. The van der Waals surface area contributed by atoms with Crippen molar-refractivity contribution in [3.63, 3.8) is 0 Å². The first kappa shape index (κ1) is 10.9. The molecule has 0 heterocycles. The molecule has 0 aliphatic heterocycles. The van der Waals surface area contributed by atoms with Gasteiger partial charge < -0.3 is 9.84 Å². The van der Waals surface area contributed by atoms with Crippen molar-refractivity contribution in [1.82, 2.24) is 0 Å². The predicted molar refractivity (Wildman–Crippen MR) is 42.1 cm³/mol. The van der Waals surface area contributed by atoms with Crippen LogP contribution in [0.2, 0.25) is 0 Å². The molecule has 68 valence electrons. The van der Waals surface area contributed by atoms with Gasteiger partial charge in [0.25, 0.3) is 0 Å². The van der Waals surface area contributed by atoms with Crippen LogP contribution in [0, 0.1) is 11.3 Å². The van der Waals surface area contributed by atoms with Gasteiger partial charge in [0.2, 0.25) is 0 Å². The first-order valence-electron chi connectivity index (χ1n) is 3.94. The van der Waals surface area contributed by atoms with E-state index in [0.29, 0.717) is 19.3 Å². The lowest BCUT2D eigenvalue weighted by molar-refractivity contribution is -0.144. The predicted octanol–water partition coefficient (Wildman–Crippen LogP) is 0.606. The standard InChI is InChI=1S/C8H13NO3/c9-5-3-1-2-4-8(11)12-7-6-10/h10H,1-4,6-7H2. The summed E-state index contributed by atoms with van der Waals surface area (Å²) in [7, 11) is 0. The van der Waals surface area contributed by atoms with E-state index in [1.165, 1.54) is 0 Å². The Labute approximate surface area is 71.8 Å². The third-order valence-corrected chi connectivity index (χ3v) is 1.27. The molecular weight excluding hydrogens is 158 g/mol. The topological polar surface area (TPSA) is 70.3 Å². The summed E-state index contributed by atoms with van der Waals surface area (Å²) in [5, 5.41) is 16.5. The maximum absolute atomic E-state index is 10.7. The molecule has 0 unspecified atom stereocenters. The summed E-state index contributed by atoms with van der Waals surface area (Å²) in [6, 6.07) is 1.99. The van der Waals surface area contributed by atoms with Crippen LogP contribution in [0.4, 0.5) is 0 Å². The number of nitriles is 1. The van der Waals surface area contributed by atoms with Gasteiger partial charge in [0.15, 0.2) is 0 Å². The highest BCUT2D eigenvalue weighted by atomic mass is 16.5. The molecule has 12 heavy (non-hydrogen) atoms. The van der Waals surface area contributed by atoms with Gasteiger partial charge in [0, 0.05) is 12.8 Å². The summed E-state index contributed by atoms with van der Waals surface area (Å²) in [4.78, 5) is 10.7. The number of rotatable bonds is 6. The maximum atomic E-state index is 10.7. The van der Waals surface area contributed by atoms with E-state index >= 15 is 0 Å². The smallest absolute Gasteiger partial charge is 0.305 e. The minimum atomic E-state index is -0.304. The Kier molecular flexibility index (Phi) is 7.30. The summed E-state index contributed by atoms with van der Waals surface area (Å²) in [5.74, 6) is -0.304. The third kappa shape index (κ3) is 7.03. The number of aliphatic hydroxyl groups excluding tert-OH is 1. The van der Waals surface area contributed by atoms with Crippen LogP contribution in [-0.4, -0.2) is 24.3 Å². The molecule has 0 bridgehead atoms. The normalized spacial score (nSPS) is 9.00. The minimum Gasteiger partial charge on any atom is -0.463 e. The lowest BCUT2D eigenvalue weighted by atomic mass is 10.2. The second-order valence-corrected chi connectivity index (χ2v) is 2.31. The molecule has 0 aromatic heterocycles. The zero-order chi connectivity index (χ0) is 9.23. The van der Waals surface area contributed by atoms with Crippen molar-refractivity contribution in [2.45, 2.75) is 25.7 Å². The average Bonchev–Trinajstić information content (AvgIpc) is 2.09. The SMILES string of the molecule is N#CCCCCC(=O)OCCO. The van der Waals surface area contributed by atoms with Gasteiger partial charge in [-0.25, -0.2) is 0 Å². The van der Waals surface area contributed by atoms with Gasteiger partial charge in [-0.3, -0.25) is 4.79 Å². The van der Waals surface area contributed by atoms with E-state index in [2.05, 4.69) is 4.74 Å². The fourth-order valence-corrected chi connectivity index (χ4v) is 0.705. The van der Waals surface area contributed by atoms with Crippen molar-refractivity contribution in [3.05, 3.63) is 0 Å². The van der Waals surface area contributed by atoms with E-state index in [1.54, 1.807) is 0 Å². The van der Waals surface area contributed by atoms with E-state index in [-0.39, 0.29) is 19.2 Å². The molecule has 0 atom stereocenters. The first-order valence-corrected chi connectivity index (χ1v) is 3.94. The summed E-state index contributed by atoms with van der Waals surface area (Å²) in [5.41, 5.74) is 0. The van der Waals surface area contributed by atoms with Gasteiger partial charge in [-0.2, -0.15) is 5.26 Å². The highest BCUT2D eigenvalue weighted by Gasteiger charge is 2.00. The number of nitrogens with zero attached hydrogens (tertiary/aromatic N) is 1. The molecule has 0 saturated heterocycles. The molecule has 0 radical (unpaired) electrons. The molecule has 0 amide bonds. The van der Waals surface area contributed by atoms with E-state index in [0.717, 1.165) is 6.42 Å². The Morgan fingerprint density at radius 3 is 2.83 bits per heavy atom. The molecule has 4 heteroatoms. The molecule has 0 saturated carbocycles. The van der Waals surface area contributed by atoms with Gasteiger partial charge in [-0.05, 0) is 12.8 Å². The van der Waals surface area contributed by atoms with Gasteiger partial charge in [-0.15, -0.1) is 0 Å². The maximum Gasteiger partial charge on any atom is 0.305 e. The van der Waals surface area contributed by atoms with Crippen molar-refractivity contribution in [2.75, 3.05) is 13.2 Å². The number of ether oxygens (including phenoxy) is 1. The van der Waals surface area contributed by atoms with Gasteiger partial charge in [-0.1, -0.05) is 0 Å². The van der Waals surface area contributed by atoms with Crippen LogP contribution in [0.3, 0.4) is 0 Å². The molecule has 4 nitrogen and oxygen atoms in total. The van der Waals surface area contributed by atoms with Crippen LogP contribution in [0.25, 0.3) is 0 Å². The number of hydrogen-bond acceptors (Lipinski definition) is 4. The van der Waals surface area contributed by atoms with Crippen LogP contribution >= 0.6 is 0 Å². The monoisotopic (exact) mass is 171 g/mol. The van der Waals surface area contributed by atoms with Gasteiger partial charge in [0.05, 0.1) is 12.7 Å². The van der Waals surface area contributed by atoms with E-state index in [1.807, 2.05) is 6.07 Å². The molecule has 0 fully saturated rings. The molecule has 0 spiro atoms. The second kappa shape index (κ2) is 8.02. The van der Waals surface area contributed by atoms with E-state index in [4.69, 9.17) is 10.4 Å². The number of aliphatic hydroxyl groups is 1. The van der Waals surface area contributed by atoms with Crippen LogP contribution in [-0.2, 0) is 9.53 Å². The first-order chi connectivity index (χ1) is 5.81. The summed E-state index contributed by atoms with van der Waals surface area (Å²) >= 11 is 0. The number of esters is 1. The lowest BCUT2D eigenvalue weighted by Crippen LogP contribution is -2.07. The van der Waals surface area contributed by atoms with Crippen LogP contribution < -0.4 is 0 Å². The van der Waals surface area contributed by atoms with Crippen molar-refractivity contribution in [1.29, 1.82) is 5.26 Å². The highest BCUT2D eigenvalue weighted by Crippen LogP contribution is 1.99. The number of unbranched alkanes of at least 4 members (excludes halogenated alkanes) is 2. The van der Waals surface area contributed by atoms with Crippen LogP contribution in [0.15, 0.2) is 0 Å². The Morgan fingerprint density at radius 2 is 2.25 bits per heavy atom. The van der Waals surface area contributed by atoms with Crippen LogP contribution in [0.5, 0.6) is 0 Å². The second-order valence-electron chi connectivity index (χ2n) is 2.31. The molecule has 0 aromatic carbocycles. The molecule has 0 rings (SSSR count). The van der Waals surface area contributed by atoms with E-state index < -0.39 is 0 Å². The van der Waals surface area contributed by atoms with Crippen molar-refractivity contribution < 1.29 is 14.6 Å². The number of carbonyl (C=O) groups excluding carboxylic acids is 1. The van der Waals surface area contributed by atoms with Crippen molar-refractivity contribution in [2.24, 2.45) is 0 Å². The quantitative estimate of drug-likeness (QED) is 0.469. The Balaban J connectivity index is 3.15. The van der Waals surface area contributed by atoms with E-state index in [9.17, 15) is 4.79 Å². The Bertz CT molecular complexity index is 162. The van der Waals surface area contributed by atoms with Crippen molar-refractivity contribution in [3.8, 4) is 6.07 Å². The summed E-state index contributed by atoms with van der Waals surface area (Å²) in [6.07, 6.45) is 2.22. The van der Waals surface area contributed by atoms with Gasteiger partial charge in [0.1, 0.15) is 6.61 Å². The minimum absolute atomic E-state index is 0.0666. The van der Waals surface area contributed by atoms with Gasteiger partial charge >= 0.3 is 5.97 Å². The fourth-order valence-electron chi connectivity index (χ4n) is 0.705. The fraction of sp³-hybridized carbons (Fsp3) is 0.750. The average molecular weight is 171 g/mol.